The zero-order valence-corrected chi connectivity index (χ0v) is 15.1. The Kier molecular flexibility index (Phi) is 5.83. The number of nitrogens with one attached hydrogen (secondary N) is 1. The second-order valence-corrected chi connectivity index (χ2v) is 6.94. The largest absolute Gasteiger partial charge is 0.376 e. The van der Waals surface area contributed by atoms with Gasteiger partial charge < -0.3 is 15.0 Å². The summed E-state index contributed by atoms with van der Waals surface area (Å²) in [5, 5.41) is 4.71. The van der Waals surface area contributed by atoms with E-state index in [1.807, 2.05) is 18.4 Å². The third-order valence-corrected chi connectivity index (χ3v) is 5.10. The first-order chi connectivity index (χ1) is 12.2. The van der Waals surface area contributed by atoms with Gasteiger partial charge >= 0.3 is 0 Å². The van der Waals surface area contributed by atoms with E-state index in [-0.39, 0.29) is 17.9 Å². The molecule has 1 aliphatic rings. The summed E-state index contributed by atoms with van der Waals surface area (Å²) in [6.07, 6.45) is 2.19. The van der Waals surface area contributed by atoms with Crippen LogP contribution in [0, 0.1) is 0 Å². The molecular formula is C19H22N2O3S. The van der Waals surface area contributed by atoms with Crippen LogP contribution in [0.25, 0.3) is 0 Å². The summed E-state index contributed by atoms with van der Waals surface area (Å²) in [4.78, 5) is 27.4. The van der Waals surface area contributed by atoms with Gasteiger partial charge in [0.1, 0.15) is 0 Å². The summed E-state index contributed by atoms with van der Waals surface area (Å²) < 4.78 is 5.64. The van der Waals surface area contributed by atoms with Crippen molar-refractivity contribution in [3.63, 3.8) is 0 Å². The summed E-state index contributed by atoms with van der Waals surface area (Å²) in [6, 6.07) is 10.7. The van der Waals surface area contributed by atoms with E-state index in [1.165, 1.54) is 11.3 Å². The molecule has 1 aliphatic heterocycles. The molecule has 1 fully saturated rings. The molecule has 3 rings (SSSR count). The maximum atomic E-state index is 12.8. The van der Waals surface area contributed by atoms with Crippen LogP contribution in [0.2, 0.25) is 0 Å². The van der Waals surface area contributed by atoms with E-state index in [0.717, 1.165) is 19.4 Å². The lowest BCUT2D eigenvalue weighted by Gasteiger charge is -2.24. The third-order valence-electron chi connectivity index (χ3n) is 4.23. The molecular weight excluding hydrogens is 336 g/mol. The third kappa shape index (κ3) is 4.46. The quantitative estimate of drug-likeness (QED) is 0.858. The van der Waals surface area contributed by atoms with Crippen LogP contribution in [-0.4, -0.2) is 42.5 Å². The smallest absolute Gasteiger partial charge is 0.265 e. The van der Waals surface area contributed by atoms with Gasteiger partial charge in [0, 0.05) is 30.9 Å². The van der Waals surface area contributed by atoms with Crippen molar-refractivity contribution < 1.29 is 14.3 Å². The van der Waals surface area contributed by atoms with Crippen molar-refractivity contribution in [3.05, 3.63) is 52.2 Å². The molecule has 2 heterocycles. The highest BCUT2D eigenvalue weighted by Gasteiger charge is 2.22. The van der Waals surface area contributed by atoms with Crippen molar-refractivity contribution in [1.29, 1.82) is 0 Å². The fraction of sp³-hybridized carbons (Fsp3) is 0.368. The lowest BCUT2D eigenvalue weighted by molar-refractivity contribution is 0.0539. The Morgan fingerprint density at radius 1 is 1.32 bits per heavy atom. The number of carbonyl (C=O) groups is 2. The second-order valence-electron chi connectivity index (χ2n) is 5.99. The Morgan fingerprint density at radius 2 is 2.20 bits per heavy atom. The minimum Gasteiger partial charge on any atom is -0.376 e. The van der Waals surface area contributed by atoms with Gasteiger partial charge in [-0.1, -0.05) is 12.1 Å². The summed E-state index contributed by atoms with van der Waals surface area (Å²) in [6.45, 7) is 3.99. The SMILES string of the molecule is CCN(CC1CCCO1)C(=O)c1cccc(NC(=O)c2cccs2)c1. The molecule has 0 saturated carbocycles. The number of rotatable bonds is 6. The van der Waals surface area contributed by atoms with Gasteiger partial charge in [0.15, 0.2) is 0 Å². The van der Waals surface area contributed by atoms with Gasteiger partial charge in [0.2, 0.25) is 0 Å². The molecule has 1 N–H and O–H groups in total. The monoisotopic (exact) mass is 358 g/mol. The number of likely N-dealkylation sites (N-methyl/N-ethyl adjacent to an activating group) is 1. The van der Waals surface area contributed by atoms with E-state index in [1.54, 1.807) is 35.2 Å². The van der Waals surface area contributed by atoms with Crippen molar-refractivity contribution in [2.24, 2.45) is 0 Å². The van der Waals surface area contributed by atoms with Crippen LogP contribution in [0.5, 0.6) is 0 Å². The average Bonchev–Trinajstić information content (AvgIpc) is 3.33. The number of amides is 2. The number of hydrogen-bond acceptors (Lipinski definition) is 4. The summed E-state index contributed by atoms with van der Waals surface area (Å²) >= 11 is 1.39. The van der Waals surface area contributed by atoms with Crippen LogP contribution in [0.1, 0.15) is 39.8 Å². The molecule has 0 aliphatic carbocycles. The topological polar surface area (TPSA) is 58.6 Å². The summed E-state index contributed by atoms with van der Waals surface area (Å²) in [7, 11) is 0. The predicted octanol–water partition coefficient (Wildman–Crippen LogP) is 3.64. The van der Waals surface area contributed by atoms with Crippen molar-refractivity contribution >= 4 is 28.8 Å². The first kappa shape index (κ1) is 17.6. The number of anilines is 1. The molecule has 2 aromatic rings. The zero-order chi connectivity index (χ0) is 17.6. The van der Waals surface area contributed by atoms with Gasteiger partial charge in [0.05, 0.1) is 11.0 Å². The summed E-state index contributed by atoms with van der Waals surface area (Å²) in [5.74, 6) is -0.198. The number of nitrogens with zero attached hydrogens (tertiary/aromatic N) is 1. The standard InChI is InChI=1S/C19H22N2O3S/c1-2-21(13-16-8-4-10-24-16)19(23)14-6-3-7-15(12-14)20-18(22)17-9-5-11-25-17/h3,5-7,9,11-12,16H,2,4,8,10,13H2,1H3,(H,20,22). The van der Waals surface area contributed by atoms with Gasteiger partial charge in [-0.2, -0.15) is 0 Å². The van der Waals surface area contributed by atoms with Gasteiger partial charge in [-0.3, -0.25) is 9.59 Å². The van der Waals surface area contributed by atoms with E-state index in [0.29, 0.717) is 29.2 Å². The molecule has 0 spiro atoms. The fourth-order valence-electron chi connectivity index (χ4n) is 2.90. The molecule has 6 heteroatoms. The normalized spacial score (nSPS) is 16.6. The van der Waals surface area contributed by atoms with Crippen LogP contribution >= 0.6 is 11.3 Å². The van der Waals surface area contributed by atoms with Gasteiger partial charge in [-0.05, 0) is 49.4 Å². The number of ether oxygens (including phenoxy) is 1. The number of carbonyl (C=O) groups excluding carboxylic acids is 2. The maximum absolute atomic E-state index is 12.8. The molecule has 0 radical (unpaired) electrons. The summed E-state index contributed by atoms with van der Waals surface area (Å²) in [5.41, 5.74) is 1.20. The number of benzene rings is 1. The Bertz CT molecular complexity index is 724. The Hall–Kier alpha value is -2.18. The molecule has 2 amide bonds. The number of hydrogen-bond donors (Lipinski definition) is 1. The van der Waals surface area contributed by atoms with Crippen LogP contribution in [-0.2, 0) is 4.74 Å². The molecule has 1 aromatic heterocycles. The molecule has 132 valence electrons. The Labute approximate surface area is 151 Å². The molecule has 0 bridgehead atoms. The van der Waals surface area contributed by atoms with Crippen molar-refractivity contribution in [2.75, 3.05) is 25.0 Å². The van der Waals surface area contributed by atoms with E-state index in [9.17, 15) is 9.59 Å². The van der Waals surface area contributed by atoms with Crippen LogP contribution in [0.15, 0.2) is 41.8 Å². The molecule has 1 saturated heterocycles. The molecule has 5 nitrogen and oxygen atoms in total. The van der Waals surface area contributed by atoms with Crippen molar-refractivity contribution in [2.45, 2.75) is 25.9 Å². The highest BCUT2D eigenvalue weighted by molar-refractivity contribution is 7.12. The lowest BCUT2D eigenvalue weighted by Crippen LogP contribution is -2.37. The van der Waals surface area contributed by atoms with Crippen molar-refractivity contribution in [3.8, 4) is 0 Å². The molecule has 1 aromatic carbocycles. The van der Waals surface area contributed by atoms with Crippen molar-refractivity contribution in [1.82, 2.24) is 4.90 Å². The molecule has 25 heavy (non-hydrogen) atoms. The Balaban J connectivity index is 1.68. The average molecular weight is 358 g/mol. The van der Waals surface area contributed by atoms with E-state index < -0.39 is 0 Å². The highest BCUT2D eigenvalue weighted by Crippen LogP contribution is 2.18. The Morgan fingerprint density at radius 3 is 2.88 bits per heavy atom. The van der Waals surface area contributed by atoms with Crippen LogP contribution < -0.4 is 5.32 Å². The van der Waals surface area contributed by atoms with Gasteiger partial charge in [-0.15, -0.1) is 11.3 Å². The van der Waals surface area contributed by atoms with Gasteiger partial charge in [0.25, 0.3) is 11.8 Å². The van der Waals surface area contributed by atoms with Gasteiger partial charge in [-0.25, -0.2) is 0 Å². The first-order valence-corrected chi connectivity index (χ1v) is 9.41. The van der Waals surface area contributed by atoms with Crippen LogP contribution in [0.3, 0.4) is 0 Å². The van der Waals surface area contributed by atoms with E-state index >= 15 is 0 Å². The zero-order valence-electron chi connectivity index (χ0n) is 14.2. The van der Waals surface area contributed by atoms with E-state index in [2.05, 4.69) is 5.32 Å². The van der Waals surface area contributed by atoms with E-state index in [4.69, 9.17) is 4.74 Å². The minimum atomic E-state index is -0.161. The predicted molar refractivity (Wildman–Crippen MR) is 99.3 cm³/mol. The highest BCUT2D eigenvalue weighted by atomic mass is 32.1. The fourth-order valence-corrected chi connectivity index (χ4v) is 3.52. The maximum Gasteiger partial charge on any atom is 0.265 e. The lowest BCUT2D eigenvalue weighted by atomic mass is 10.1. The number of thiophene rings is 1. The van der Waals surface area contributed by atoms with Crippen LogP contribution in [0.4, 0.5) is 5.69 Å². The first-order valence-electron chi connectivity index (χ1n) is 8.53. The second kappa shape index (κ2) is 8.27. The molecule has 1 atom stereocenters. The minimum absolute atomic E-state index is 0.0368. The molecule has 1 unspecified atom stereocenters.